The largest absolute Gasteiger partial charge is 0.365 e. The molecule has 3 atom stereocenters. The van der Waals surface area contributed by atoms with Gasteiger partial charge in [-0.15, -0.1) is 11.3 Å². The Balaban J connectivity index is 1.60. The topological polar surface area (TPSA) is 72.2 Å². The first kappa shape index (κ1) is 14.0. The van der Waals surface area contributed by atoms with Crippen LogP contribution in [0.15, 0.2) is 12.2 Å². The van der Waals surface area contributed by atoms with Crippen molar-refractivity contribution in [2.24, 2.45) is 23.5 Å². The minimum atomic E-state index is -0.414. The smallest absolute Gasteiger partial charge is 0.251 e. The molecule has 1 fully saturated rings. The fourth-order valence-electron chi connectivity index (χ4n) is 4.20. The molecule has 3 aliphatic carbocycles. The predicted octanol–water partition coefficient (Wildman–Crippen LogP) is 2.88. The van der Waals surface area contributed by atoms with E-state index in [1.165, 1.54) is 4.88 Å². The molecule has 2 bridgehead atoms. The van der Waals surface area contributed by atoms with Crippen molar-refractivity contribution in [3.8, 4) is 0 Å². The van der Waals surface area contributed by atoms with Crippen LogP contribution in [0.2, 0.25) is 0 Å². The van der Waals surface area contributed by atoms with E-state index in [4.69, 9.17) is 5.73 Å². The van der Waals surface area contributed by atoms with E-state index < -0.39 is 5.91 Å². The third kappa shape index (κ3) is 2.19. The molecule has 0 saturated heterocycles. The van der Waals surface area contributed by atoms with Crippen molar-refractivity contribution in [2.45, 2.75) is 38.5 Å². The number of fused-ring (bicyclic) bond motifs is 3. The summed E-state index contributed by atoms with van der Waals surface area (Å²) in [7, 11) is 0. The molecule has 3 aliphatic rings. The number of anilines is 1. The van der Waals surface area contributed by atoms with Crippen molar-refractivity contribution in [3.63, 3.8) is 0 Å². The second kappa shape index (κ2) is 5.23. The van der Waals surface area contributed by atoms with E-state index in [-0.39, 0.29) is 11.8 Å². The van der Waals surface area contributed by atoms with E-state index >= 15 is 0 Å². The number of hydrogen-bond acceptors (Lipinski definition) is 3. The summed E-state index contributed by atoms with van der Waals surface area (Å²) in [5, 5.41) is 3.70. The van der Waals surface area contributed by atoms with E-state index in [1.54, 1.807) is 11.3 Å². The molecule has 1 saturated carbocycles. The number of hydrogen-bond donors (Lipinski definition) is 2. The average Bonchev–Trinajstić information content (AvgIpc) is 3.19. The van der Waals surface area contributed by atoms with Gasteiger partial charge in [0.1, 0.15) is 5.00 Å². The Bertz CT molecular complexity index is 676. The second-order valence-electron chi connectivity index (χ2n) is 6.66. The highest BCUT2D eigenvalue weighted by Gasteiger charge is 2.40. The van der Waals surface area contributed by atoms with Gasteiger partial charge < -0.3 is 11.1 Å². The number of allylic oxidation sites excluding steroid dienone is 2. The second-order valence-corrected chi connectivity index (χ2v) is 7.76. The van der Waals surface area contributed by atoms with Crippen LogP contribution < -0.4 is 11.1 Å². The van der Waals surface area contributed by atoms with Crippen LogP contribution in [0, 0.1) is 17.8 Å². The van der Waals surface area contributed by atoms with Gasteiger partial charge in [-0.1, -0.05) is 12.2 Å². The zero-order valence-corrected chi connectivity index (χ0v) is 13.2. The van der Waals surface area contributed by atoms with Crippen LogP contribution in [0.4, 0.5) is 5.00 Å². The Morgan fingerprint density at radius 2 is 2.00 bits per heavy atom. The number of aryl methyl sites for hydroxylation is 1. The summed E-state index contributed by atoms with van der Waals surface area (Å²) in [5.74, 6) is 0.625. The third-order valence-corrected chi connectivity index (χ3v) is 6.48. The van der Waals surface area contributed by atoms with Crippen LogP contribution in [-0.2, 0) is 17.6 Å². The summed E-state index contributed by atoms with van der Waals surface area (Å²) in [4.78, 5) is 25.7. The maximum absolute atomic E-state index is 12.6. The first-order chi connectivity index (χ1) is 10.6. The molecule has 0 radical (unpaired) electrons. The lowest BCUT2D eigenvalue weighted by atomic mass is 9.92. The normalized spacial score (nSPS) is 28.6. The molecule has 0 spiro atoms. The number of thiophene rings is 1. The van der Waals surface area contributed by atoms with Gasteiger partial charge in [-0.05, 0) is 55.9 Å². The monoisotopic (exact) mass is 316 g/mol. The van der Waals surface area contributed by atoms with Gasteiger partial charge in [0.15, 0.2) is 0 Å². The standard InChI is InChI=1S/C17H20N2O2S/c18-15(20)14-11-3-1-2-4-13(11)22-17(14)19-16(21)12-8-9-5-6-10(12)7-9/h5-6,9-10,12H,1-4,7-8H2,(H2,18,20)(H,19,21)/t9-,10-,12+/m0/s1. The zero-order valence-electron chi connectivity index (χ0n) is 12.4. The van der Waals surface area contributed by atoms with Gasteiger partial charge >= 0.3 is 0 Å². The summed E-state index contributed by atoms with van der Waals surface area (Å²) < 4.78 is 0. The molecule has 2 amide bonds. The van der Waals surface area contributed by atoms with Crippen molar-refractivity contribution >= 4 is 28.2 Å². The molecular weight excluding hydrogens is 296 g/mol. The number of nitrogens with two attached hydrogens (primary N) is 1. The SMILES string of the molecule is NC(=O)c1c(NC(=O)[C@@H]2C[C@H]3C=C[C@H]2C3)sc2c1CCCC2. The number of rotatable bonds is 3. The Morgan fingerprint density at radius 1 is 1.18 bits per heavy atom. The Labute approximate surface area is 133 Å². The van der Waals surface area contributed by atoms with Gasteiger partial charge in [0.05, 0.1) is 5.56 Å². The first-order valence-electron chi connectivity index (χ1n) is 8.07. The fourth-order valence-corrected chi connectivity index (χ4v) is 5.50. The van der Waals surface area contributed by atoms with Crippen molar-refractivity contribution in [3.05, 3.63) is 28.2 Å². The fraction of sp³-hybridized carbons (Fsp3) is 0.529. The molecule has 1 aromatic rings. The number of primary amides is 1. The van der Waals surface area contributed by atoms with E-state index in [9.17, 15) is 9.59 Å². The maximum atomic E-state index is 12.6. The summed E-state index contributed by atoms with van der Waals surface area (Å²) in [6.45, 7) is 0. The number of carbonyl (C=O) groups excluding carboxylic acids is 2. The average molecular weight is 316 g/mol. The molecule has 1 heterocycles. The van der Waals surface area contributed by atoms with Gasteiger partial charge in [0.25, 0.3) is 5.91 Å². The predicted molar refractivity (Wildman–Crippen MR) is 87.0 cm³/mol. The summed E-state index contributed by atoms with van der Waals surface area (Å²) in [6, 6.07) is 0. The van der Waals surface area contributed by atoms with Crippen LogP contribution in [0.5, 0.6) is 0 Å². The van der Waals surface area contributed by atoms with Crippen LogP contribution in [0.1, 0.15) is 46.5 Å². The van der Waals surface area contributed by atoms with Gasteiger partial charge in [-0.2, -0.15) is 0 Å². The highest BCUT2D eigenvalue weighted by molar-refractivity contribution is 7.17. The van der Waals surface area contributed by atoms with Crippen molar-refractivity contribution in [1.29, 1.82) is 0 Å². The van der Waals surface area contributed by atoms with E-state index in [0.29, 0.717) is 22.4 Å². The molecule has 3 N–H and O–H groups in total. The molecule has 116 valence electrons. The van der Waals surface area contributed by atoms with Gasteiger partial charge in [0.2, 0.25) is 5.91 Å². The zero-order chi connectivity index (χ0) is 15.3. The molecule has 0 aliphatic heterocycles. The molecular formula is C17H20N2O2S. The van der Waals surface area contributed by atoms with E-state index in [0.717, 1.165) is 44.1 Å². The number of amides is 2. The van der Waals surface area contributed by atoms with Gasteiger partial charge in [-0.25, -0.2) is 0 Å². The van der Waals surface area contributed by atoms with E-state index in [1.807, 2.05) is 0 Å². The molecule has 5 heteroatoms. The van der Waals surface area contributed by atoms with Crippen LogP contribution in [0.3, 0.4) is 0 Å². The first-order valence-corrected chi connectivity index (χ1v) is 8.88. The van der Waals surface area contributed by atoms with Crippen molar-refractivity contribution in [1.82, 2.24) is 0 Å². The van der Waals surface area contributed by atoms with Gasteiger partial charge in [0, 0.05) is 10.8 Å². The minimum Gasteiger partial charge on any atom is -0.365 e. The Kier molecular flexibility index (Phi) is 3.33. The summed E-state index contributed by atoms with van der Waals surface area (Å²) in [5.41, 5.74) is 7.22. The lowest BCUT2D eigenvalue weighted by Gasteiger charge is -2.17. The molecule has 1 aromatic heterocycles. The minimum absolute atomic E-state index is 0.0508. The maximum Gasteiger partial charge on any atom is 0.251 e. The molecule has 4 nitrogen and oxygen atoms in total. The quantitative estimate of drug-likeness (QED) is 0.842. The lowest BCUT2D eigenvalue weighted by Crippen LogP contribution is -2.27. The Morgan fingerprint density at radius 3 is 2.68 bits per heavy atom. The van der Waals surface area contributed by atoms with Crippen LogP contribution >= 0.6 is 11.3 Å². The Hall–Kier alpha value is -1.62. The van der Waals surface area contributed by atoms with E-state index in [2.05, 4.69) is 17.5 Å². The molecule has 0 unspecified atom stereocenters. The molecule has 22 heavy (non-hydrogen) atoms. The van der Waals surface area contributed by atoms with Crippen molar-refractivity contribution in [2.75, 3.05) is 5.32 Å². The highest BCUT2D eigenvalue weighted by Crippen LogP contribution is 2.44. The third-order valence-electron chi connectivity index (χ3n) is 5.27. The number of carbonyl (C=O) groups is 2. The highest BCUT2D eigenvalue weighted by atomic mass is 32.1. The van der Waals surface area contributed by atoms with Gasteiger partial charge in [-0.3, -0.25) is 9.59 Å². The summed E-state index contributed by atoms with van der Waals surface area (Å²) in [6.07, 6.45) is 10.6. The number of nitrogens with one attached hydrogen (secondary N) is 1. The van der Waals surface area contributed by atoms with Crippen molar-refractivity contribution < 1.29 is 9.59 Å². The summed E-state index contributed by atoms with van der Waals surface area (Å²) >= 11 is 1.55. The molecule has 4 rings (SSSR count). The van der Waals surface area contributed by atoms with Crippen LogP contribution in [0.25, 0.3) is 0 Å². The molecule has 0 aromatic carbocycles. The van der Waals surface area contributed by atoms with Crippen LogP contribution in [-0.4, -0.2) is 11.8 Å². The lowest BCUT2D eigenvalue weighted by molar-refractivity contribution is -0.120.